The van der Waals surface area contributed by atoms with E-state index in [4.69, 9.17) is 4.74 Å². The molecule has 1 saturated heterocycles. The first-order chi connectivity index (χ1) is 11.2. The first-order valence-electron chi connectivity index (χ1n) is 7.78. The van der Waals surface area contributed by atoms with Crippen molar-refractivity contribution < 1.29 is 14.3 Å². The summed E-state index contributed by atoms with van der Waals surface area (Å²) in [6.45, 7) is 0.689. The van der Waals surface area contributed by atoms with Gasteiger partial charge in [-0.15, -0.1) is 0 Å². The summed E-state index contributed by atoms with van der Waals surface area (Å²) in [5, 5.41) is 0. The van der Waals surface area contributed by atoms with E-state index in [1.807, 2.05) is 60.7 Å². The third-order valence-corrected chi connectivity index (χ3v) is 4.02. The second kappa shape index (κ2) is 7.09. The summed E-state index contributed by atoms with van der Waals surface area (Å²) in [6.07, 6.45) is 0.928. The molecule has 1 aliphatic rings. The molecule has 0 aromatic heterocycles. The number of esters is 1. The van der Waals surface area contributed by atoms with E-state index in [-0.39, 0.29) is 18.5 Å². The number of amides is 1. The van der Waals surface area contributed by atoms with Crippen LogP contribution in [0.2, 0.25) is 0 Å². The Hall–Kier alpha value is -2.62. The highest BCUT2D eigenvalue weighted by molar-refractivity contribution is 5.88. The van der Waals surface area contributed by atoms with Gasteiger partial charge in [-0.1, -0.05) is 60.7 Å². The van der Waals surface area contributed by atoms with Crippen LogP contribution in [0.5, 0.6) is 0 Å². The zero-order valence-electron chi connectivity index (χ0n) is 12.9. The minimum absolute atomic E-state index is 0.00974. The zero-order chi connectivity index (χ0) is 16.1. The topological polar surface area (TPSA) is 46.6 Å². The number of hydrogen-bond acceptors (Lipinski definition) is 3. The molecule has 2 aromatic rings. The number of carbonyl (C=O) groups excluding carboxylic acids is 2. The van der Waals surface area contributed by atoms with Crippen LogP contribution in [-0.2, 0) is 27.5 Å². The van der Waals surface area contributed by atoms with Crippen LogP contribution in [0.3, 0.4) is 0 Å². The number of rotatable bonds is 5. The van der Waals surface area contributed by atoms with E-state index in [0.717, 1.165) is 11.1 Å². The average molecular weight is 309 g/mol. The van der Waals surface area contributed by atoms with Gasteiger partial charge in [0.05, 0.1) is 0 Å². The smallest absolute Gasteiger partial charge is 0.329 e. The van der Waals surface area contributed by atoms with Gasteiger partial charge in [0.2, 0.25) is 5.91 Å². The molecule has 1 amide bonds. The molecule has 118 valence electrons. The minimum atomic E-state index is -0.480. The molecular weight excluding hydrogens is 290 g/mol. The van der Waals surface area contributed by atoms with Crippen molar-refractivity contribution in [3.63, 3.8) is 0 Å². The molecule has 0 saturated carbocycles. The summed E-state index contributed by atoms with van der Waals surface area (Å²) in [5.74, 6) is -0.314. The maximum atomic E-state index is 12.3. The number of benzene rings is 2. The Morgan fingerprint density at radius 1 is 1.00 bits per heavy atom. The molecule has 0 radical (unpaired) electrons. The van der Waals surface area contributed by atoms with Gasteiger partial charge >= 0.3 is 5.97 Å². The maximum absolute atomic E-state index is 12.3. The van der Waals surface area contributed by atoms with Crippen LogP contribution in [0.4, 0.5) is 0 Å². The van der Waals surface area contributed by atoms with Crippen molar-refractivity contribution >= 4 is 11.9 Å². The van der Waals surface area contributed by atoms with Crippen LogP contribution >= 0.6 is 0 Å². The van der Waals surface area contributed by atoms with Crippen molar-refractivity contribution in [3.05, 3.63) is 71.8 Å². The van der Waals surface area contributed by atoms with Gasteiger partial charge in [0.15, 0.2) is 0 Å². The Balaban J connectivity index is 1.63. The molecule has 4 nitrogen and oxygen atoms in total. The average Bonchev–Trinajstić information content (AvgIpc) is 2.95. The molecule has 0 bridgehead atoms. The predicted octanol–water partition coefficient (Wildman–Crippen LogP) is 2.92. The van der Waals surface area contributed by atoms with E-state index in [2.05, 4.69) is 0 Å². The van der Waals surface area contributed by atoms with Crippen LogP contribution in [0.25, 0.3) is 0 Å². The number of ether oxygens (including phenoxy) is 1. The minimum Gasteiger partial charge on any atom is -0.459 e. The van der Waals surface area contributed by atoms with E-state index >= 15 is 0 Å². The fourth-order valence-electron chi connectivity index (χ4n) is 2.78. The quantitative estimate of drug-likeness (QED) is 0.798. The SMILES string of the molecule is O=C(OCc1ccccc1)[C@@H]1CCC(=O)N1Cc1ccccc1. The largest absolute Gasteiger partial charge is 0.459 e. The number of carbonyl (C=O) groups is 2. The zero-order valence-corrected chi connectivity index (χ0v) is 12.9. The molecular formula is C19H19NO3. The van der Waals surface area contributed by atoms with Gasteiger partial charge < -0.3 is 9.64 Å². The van der Waals surface area contributed by atoms with E-state index in [1.54, 1.807) is 4.90 Å². The normalized spacial score (nSPS) is 17.3. The molecule has 0 aliphatic carbocycles. The second-order valence-electron chi connectivity index (χ2n) is 5.66. The fourth-order valence-corrected chi connectivity index (χ4v) is 2.78. The van der Waals surface area contributed by atoms with E-state index in [1.165, 1.54) is 0 Å². The standard InChI is InChI=1S/C19H19NO3/c21-18-12-11-17(20(18)13-15-7-3-1-4-8-15)19(22)23-14-16-9-5-2-6-10-16/h1-10,17H,11-14H2/t17-/m0/s1. The van der Waals surface area contributed by atoms with Crippen LogP contribution in [0.1, 0.15) is 24.0 Å². The first kappa shape index (κ1) is 15.3. The molecule has 1 fully saturated rings. The first-order valence-corrected chi connectivity index (χ1v) is 7.78. The number of hydrogen-bond donors (Lipinski definition) is 0. The summed E-state index contributed by atoms with van der Waals surface area (Å²) in [6, 6.07) is 18.8. The Morgan fingerprint density at radius 2 is 1.61 bits per heavy atom. The highest BCUT2D eigenvalue weighted by Crippen LogP contribution is 2.23. The van der Waals surface area contributed by atoms with Gasteiger partial charge in [-0.2, -0.15) is 0 Å². The number of nitrogens with zero attached hydrogens (tertiary/aromatic N) is 1. The van der Waals surface area contributed by atoms with Crippen molar-refractivity contribution in [2.75, 3.05) is 0 Å². The lowest BCUT2D eigenvalue weighted by Gasteiger charge is -2.23. The summed E-state index contributed by atoms with van der Waals surface area (Å²) in [5.41, 5.74) is 1.96. The second-order valence-corrected chi connectivity index (χ2v) is 5.66. The van der Waals surface area contributed by atoms with Crippen molar-refractivity contribution in [1.29, 1.82) is 0 Å². The van der Waals surface area contributed by atoms with Crippen LogP contribution in [-0.4, -0.2) is 22.8 Å². The Bertz CT molecular complexity index is 670. The molecule has 1 aliphatic heterocycles. The van der Waals surface area contributed by atoms with E-state index < -0.39 is 6.04 Å². The molecule has 23 heavy (non-hydrogen) atoms. The molecule has 2 aromatic carbocycles. The van der Waals surface area contributed by atoms with Crippen molar-refractivity contribution in [3.8, 4) is 0 Å². The van der Waals surface area contributed by atoms with E-state index in [9.17, 15) is 9.59 Å². The summed E-state index contributed by atoms with van der Waals surface area (Å²) in [4.78, 5) is 26.1. The lowest BCUT2D eigenvalue weighted by atomic mass is 10.2. The van der Waals surface area contributed by atoms with Crippen molar-refractivity contribution in [1.82, 2.24) is 4.90 Å². The summed E-state index contributed by atoms with van der Waals surface area (Å²) in [7, 11) is 0. The van der Waals surface area contributed by atoms with Crippen molar-refractivity contribution in [2.45, 2.75) is 32.0 Å². The van der Waals surface area contributed by atoms with Crippen LogP contribution < -0.4 is 0 Å². The fraction of sp³-hybridized carbons (Fsp3) is 0.263. The Morgan fingerprint density at radius 3 is 2.26 bits per heavy atom. The molecule has 3 rings (SSSR count). The van der Waals surface area contributed by atoms with Gasteiger partial charge in [-0.25, -0.2) is 4.79 Å². The van der Waals surface area contributed by atoms with Crippen LogP contribution in [0, 0.1) is 0 Å². The Kier molecular flexibility index (Phi) is 4.71. The van der Waals surface area contributed by atoms with E-state index in [0.29, 0.717) is 19.4 Å². The molecule has 0 unspecified atom stereocenters. The van der Waals surface area contributed by atoms with Gasteiger partial charge in [-0.05, 0) is 17.5 Å². The van der Waals surface area contributed by atoms with Gasteiger partial charge in [0, 0.05) is 13.0 Å². The lowest BCUT2D eigenvalue weighted by Crippen LogP contribution is -2.39. The van der Waals surface area contributed by atoms with Gasteiger partial charge in [-0.3, -0.25) is 4.79 Å². The Labute approximate surface area is 135 Å². The highest BCUT2D eigenvalue weighted by Gasteiger charge is 2.36. The van der Waals surface area contributed by atoms with Gasteiger partial charge in [0.1, 0.15) is 12.6 Å². The third kappa shape index (κ3) is 3.77. The van der Waals surface area contributed by atoms with Crippen LogP contribution in [0.15, 0.2) is 60.7 Å². The third-order valence-electron chi connectivity index (χ3n) is 4.02. The molecule has 1 atom stereocenters. The maximum Gasteiger partial charge on any atom is 0.329 e. The molecule has 0 N–H and O–H groups in total. The molecule has 4 heteroatoms. The monoisotopic (exact) mass is 309 g/mol. The highest BCUT2D eigenvalue weighted by atomic mass is 16.5. The lowest BCUT2D eigenvalue weighted by molar-refractivity contribution is -0.153. The molecule has 0 spiro atoms. The predicted molar refractivity (Wildman–Crippen MR) is 86.3 cm³/mol. The van der Waals surface area contributed by atoms with Crippen molar-refractivity contribution in [2.24, 2.45) is 0 Å². The number of likely N-dealkylation sites (tertiary alicyclic amines) is 1. The summed E-state index contributed by atoms with van der Waals surface area (Å²) < 4.78 is 5.40. The van der Waals surface area contributed by atoms with Gasteiger partial charge in [0.25, 0.3) is 0 Å². The summed E-state index contributed by atoms with van der Waals surface area (Å²) >= 11 is 0. The molecule has 1 heterocycles.